The van der Waals surface area contributed by atoms with Crippen LogP contribution in [0, 0.1) is 17.8 Å². The Morgan fingerprint density at radius 2 is 2.11 bits per heavy atom. The third-order valence-corrected chi connectivity index (χ3v) is 6.63. The molecule has 0 spiro atoms. The zero-order valence-corrected chi connectivity index (χ0v) is 12.5. The van der Waals surface area contributed by atoms with Gasteiger partial charge in [-0.2, -0.15) is 0 Å². The second kappa shape index (κ2) is 4.48. The summed E-state index contributed by atoms with van der Waals surface area (Å²) in [4.78, 5) is 16.8. The monoisotopic (exact) mass is 282 g/mol. The number of amidine groups is 1. The van der Waals surface area contributed by atoms with E-state index in [4.69, 9.17) is 4.99 Å². The zero-order chi connectivity index (χ0) is 13.8. The molecule has 3 aliphatic rings. The van der Waals surface area contributed by atoms with Gasteiger partial charge in [0.25, 0.3) is 0 Å². The minimum Gasteiger partial charge on any atom is -0.393 e. The Morgan fingerprint density at radius 1 is 1.37 bits per heavy atom. The summed E-state index contributed by atoms with van der Waals surface area (Å²) in [6.45, 7) is 6.14. The first kappa shape index (κ1) is 13.4. The number of nitrogens with zero attached hydrogens (tertiary/aromatic N) is 1. The van der Waals surface area contributed by atoms with Crippen LogP contribution in [0.1, 0.15) is 40.0 Å². The number of aliphatic hydroxyl groups excluding tert-OH is 1. The molecule has 5 heteroatoms. The van der Waals surface area contributed by atoms with E-state index in [0.29, 0.717) is 17.9 Å². The van der Waals surface area contributed by atoms with Gasteiger partial charge in [-0.05, 0) is 43.9 Å². The van der Waals surface area contributed by atoms with Gasteiger partial charge in [0.15, 0.2) is 5.17 Å². The number of hydrogen-bond acceptors (Lipinski definition) is 4. The number of nitrogens with one attached hydrogen (secondary N) is 1. The van der Waals surface area contributed by atoms with Crippen LogP contribution >= 0.6 is 11.8 Å². The van der Waals surface area contributed by atoms with Gasteiger partial charge in [-0.1, -0.05) is 25.6 Å². The third-order valence-electron chi connectivity index (χ3n) is 5.15. The molecule has 2 saturated carbocycles. The summed E-state index contributed by atoms with van der Waals surface area (Å²) in [5.74, 6) is 1.30. The molecule has 5 atom stereocenters. The van der Waals surface area contributed by atoms with E-state index < -0.39 is 4.75 Å². The summed E-state index contributed by atoms with van der Waals surface area (Å²) in [5.41, 5.74) is 0. The van der Waals surface area contributed by atoms with Gasteiger partial charge in [0.2, 0.25) is 5.91 Å². The van der Waals surface area contributed by atoms with E-state index in [1.807, 2.05) is 6.92 Å². The third kappa shape index (κ3) is 2.11. The second-order valence-electron chi connectivity index (χ2n) is 6.61. The Bertz CT molecular complexity index is 435. The van der Waals surface area contributed by atoms with Gasteiger partial charge >= 0.3 is 0 Å². The Kier molecular flexibility index (Phi) is 3.17. The van der Waals surface area contributed by atoms with Crippen LogP contribution < -0.4 is 5.32 Å². The molecule has 106 valence electrons. The van der Waals surface area contributed by atoms with Crippen LogP contribution in [0.3, 0.4) is 0 Å². The molecule has 1 heterocycles. The first-order chi connectivity index (χ1) is 8.90. The maximum Gasteiger partial charge on any atom is 0.242 e. The van der Waals surface area contributed by atoms with E-state index in [2.05, 4.69) is 19.2 Å². The molecule has 0 aromatic carbocycles. The van der Waals surface area contributed by atoms with Gasteiger partial charge in [0.1, 0.15) is 4.75 Å². The summed E-state index contributed by atoms with van der Waals surface area (Å²) in [5, 5.41) is 13.5. The van der Waals surface area contributed by atoms with Crippen molar-refractivity contribution in [2.24, 2.45) is 22.7 Å². The fourth-order valence-corrected chi connectivity index (χ4v) is 4.57. The fourth-order valence-electron chi connectivity index (χ4n) is 3.46. The van der Waals surface area contributed by atoms with E-state index >= 15 is 0 Å². The molecule has 3 fully saturated rings. The smallest absolute Gasteiger partial charge is 0.242 e. The molecule has 1 aliphatic heterocycles. The lowest BCUT2D eigenvalue weighted by Gasteiger charge is -2.23. The maximum atomic E-state index is 12.1. The number of carbonyl (C=O) groups is 1. The van der Waals surface area contributed by atoms with Crippen molar-refractivity contribution in [3.8, 4) is 0 Å². The van der Waals surface area contributed by atoms with Gasteiger partial charge < -0.3 is 10.4 Å². The highest BCUT2D eigenvalue weighted by Crippen LogP contribution is 2.47. The highest BCUT2D eigenvalue weighted by atomic mass is 32.2. The molecule has 3 rings (SSSR count). The number of carbonyl (C=O) groups excluding carboxylic acids is 1. The second-order valence-corrected chi connectivity index (χ2v) is 8.05. The Balaban J connectivity index is 1.72. The number of thioether (sulfide) groups is 1. The Hall–Kier alpha value is -0.550. The predicted molar refractivity (Wildman–Crippen MR) is 77.0 cm³/mol. The average Bonchev–Trinajstić information content (AvgIpc) is 2.94. The topological polar surface area (TPSA) is 61.7 Å². The van der Waals surface area contributed by atoms with Crippen molar-refractivity contribution in [1.29, 1.82) is 0 Å². The Labute approximate surface area is 118 Å². The van der Waals surface area contributed by atoms with Crippen LogP contribution in [0.5, 0.6) is 0 Å². The van der Waals surface area contributed by atoms with E-state index in [-0.39, 0.29) is 17.9 Å². The average molecular weight is 282 g/mol. The molecule has 19 heavy (non-hydrogen) atoms. The Morgan fingerprint density at radius 3 is 2.58 bits per heavy atom. The highest BCUT2D eigenvalue weighted by molar-refractivity contribution is 8.16. The van der Waals surface area contributed by atoms with Crippen molar-refractivity contribution >= 4 is 22.8 Å². The summed E-state index contributed by atoms with van der Waals surface area (Å²) in [6.07, 6.45) is 2.84. The fraction of sp³-hybridized carbons (Fsp3) is 0.857. The molecule has 1 saturated heterocycles. The normalized spacial score (nSPS) is 47.4. The van der Waals surface area contributed by atoms with Crippen molar-refractivity contribution in [3.63, 3.8) is 0 Å². The molecule has 4 nitrogen and oxygen atoms in total. The number of rotatable bonds is 2. The van der Waals surface area contributed by atoms with Crippen molar-refractivity contribution < 1.29 is 9.90 Å². The number of aliphatic imine (C=N–C) groups is 1. The van der Waals surface area contributed by atoms with Crippen molar-refractivity contribution in [2.75, 3.05) is 0 Å². The van der Waals surface area contributed by atoms with Crippen LogP contribution in [0.4, 0.5) is 0 Å². The molecular formula is C14H22N2O2S. The van der Waals surface area contributed by atoms with Crippen LogP contribution in [-0.2, 0) is 4.79 Å². The summed E-state index contributed by atoms with van der Waals surface area (Å²) >= 11 is 1.57. The van der Waals surface area contributed by atoms with Crippen LogP contribution in [0.15, 0.2) is 4.99 Å². The molecule has 2 N–H and O–H groups in total. The molecule has 0 aromatic heterocycles. The van der Waals surface area contributed by atoms with Crippen LogP contribution in [0.25, 0.3) is 0 Å². The quantitative estimate of drug-likeness (QED) is 0.811. The van der Waals surface area contributed by atoms with E-state index in [9.17, 15) is 9.90 Å². The lowest BCUT2D eigenvalue weighted by atomic mass is 9.94. The van der Waals surface area contributed by atoms with Crippen molar-refractivity contribution in [2.45, 2.75) is 56.9 Å². The number of fused-ring (bicyclic) bond motifs is 2. The largest absolute Gasteiger partial charge is 0.393 e. The standard InChI is InChI=1S/C14H22N2O2S/c1-7(2)14(3)12(18)16-13(19-14)15-10-5-9-4-8(10)6-11(9)17/h7-11,17H,4-6H2,1-3H3,(H,15,16,18)/t8-,9+,10+,11-,14?/m1/s1. The maximum absolute atomic E-state index is 12.1. The minimum atomic E-state index is -0.393. The van der Waals surface area contributed by atoms with Gasteiger partial charge in [0, 0.05) is 0 Å². The number of aliphatic hydroxyl groups is 1. The molecule has 2 aliphatic carbocycles. The van der Waals surface area contributed by atoms with Gasteiger partial charge in [-0.3, -0.25) is 9.79 Å². The SMILES string of the molecule is CC(C)C1(C)SC(=N[C@H]2C[C@@H]3C[C@@H]2C[C@H]3O)NC1=O. The van der Waals surface area contributed by atoms with E-state index in [0.717, 1.165) is 24.4 Å². The van der Waals surface area contributed by atoms with Crippen molar-refractivity contribution in [1.82, 2.24) is 5.32 Å². The van der Waals surface area contributed by atoms with Crippen LogP contribution in [-0.4, -0.2) is 33.1 Å². The van der Waals surface area contributed by atoms with Gasteiger partial charge in [-0.15, -0.1) is 0 Å². The summed E-state index contributed by atoms with van der Waals surface area (Å²) in [7, 11) is 0. The first-order valence-electron chi connectivity index (χ1n) is 7.16. The first-order valence-corrected chi connectivity index (χ1v) is 7.98. The van der Waals surface area contributed by atoms with Crippen molar-refractivity contribution in [3.05, 3.63) is 0 Å². The molecule has 2 bridgehead atoms. The molecule has 0 radical (unpaired) electrons. The van der Waals surface area contributed by atoms with Gasteiger partial charge in [-0.25, -0.2) is 0 Å². The minimum absolute atomic E-state index is 0.0782. The molecule has 1 unspecified atom stereocenters. The van der Waals surface area contributed by atoms with Gasteiger partial charge in [0.05, 0.1) is 12.1 Å². The molecule has 1 amide bonds. The number of hydrogen-bond donors (Lipinski definition) is 2. The lowest BCUT2D eigenvalue weighted by Crippen LogP contribution is -2.38. The zero-order valence-electron chi connectivity index (χ0n) is 11.7. The van der Waals surface area contributed by atoms with Crippen LogP contribution in [0.2, 0.25) is 0 Å². The van der Waals surface area contributed by atoms with E-state index in [1.54, 1.807) is 11.8 Å². The van der Waals surface area contributed by atoms with E-state index in [1.165, 1.54) is 0 Å². The molecular weight excluding hydrogens is 260 g/mol. The molecule has 0 aromatic rings. The predicted octanol–water partition coefficient (Wildman–Crippen LogP) is 1.78. The number of amides is 1. The summed E-state index contributed by atoms with van der Waals surface area (Å²) < 4.78 is -0.393. The lowest BCUT2D eigenvalue weighted by molar-refractivity contribution is -0.122. The summed E-state index contributed by atoms with van der Waals surface area (Å²) in [6, 6.07) is 0.297. The highest BCUT2D eigenvalue weighted by Gasteiger charge is 2.48.